The highest BCUT2D eigenvalue weighted by molar-refractivity contribution is 5.92. The standard InChI is InChI=1S/C18H16FN3O3/c19-15-5-1-13(2-6-15)11-17(23)22-16-7-3-14(4-8-16)12-25-18(24)21-10-9-20/h1-8H,10-12H2,(H,21,24)(H,22,23). The number of nitrogens with one attached hydrogen (secondary N) is 2. The van der Waals surface area contributed by atoms with E-state index >= 15 is 0 Å². The first-order valence-electron chi connectivity index (χ1n) is 7.47. The van der Waals surface area contributed by atoms with Crippen molar-refractivity contribution >= 4 is 17.7 Å². The Kier molecular flexibility index (Phi) is 6.48. The molecular formula is C18H16FN3O3. The lowest BCUT2D eigenvalue weighted by Crippen LogP contribution is -2.24. The number of benzene rings is 2. The van der Waals surface area contributed by atoms with E-state index in [9.17, 15) is 14.0 Å². The fourth-order valence-corrected chi connectivity index (χ4v) is 1.99. The van der Waals surface area contributed by atoms with Gasteiger partial charge in [-0.15, -0.1) is 0 Å². The van der Waals surface area contributed by atoms with E-state index in [1.807, 2.05) is 0 Å². The Morgan fingerprint density at radius 2 is 1.68 bits per heavy atom. The molecule has 2 amide bonds. The number of hydrogen-bond donors (Lipinski definition) is 2. The van der Waals surface area contributed by atoms with Gasteiger partial charge < -0.3 is 15.4 Å². The van der Waals surface area contributed by atoms with E-state index < -0.39 is 6.09 Å². The van der Waals surface area contributed by atoms with Crippen LogP contribution in [-0.2, 0) is 22.6 Å². The highest BCUT2D eigenvalue weighted by atomic mass is 19.1. The molecular weight excluding hydrogens is 325 g/mol. The first kappa shape index (κ1) is 17.9. The van der Waals surface area contributed by atoms with Crippen LogP contribution in [0.4, 0.5) is 14.9 Å². The van der Waals surface area contributed by atoms with Crippen LogP contribution in [0.15, 0.2) is 48.5 Å². The number of hydrogen-bond acceptors (Lipinski definition) is 4. The average Bonchev–Trinajstić information content (AvgIpc) is 2.61. The van der Waals surface area contributed by atoms with Gasteiger partial charge in [0.25, 0.3) is 0 Å². The highest BCUT2D eigenvalue weighted by Gasteiger charge is 2.05. The maximum atomic E-state index is 12.8. The van der Waals surface area contributed by atoms with Gasteiger partial charge in [0.05, 0.1) is 12.5 Å². The Balaban J connectivity index is 1.81. The van der Waals surface area contributed by atoms with Gasteiger partial charge in [-0.2, -0.15) is 5.26 Å². The van der Waals surface area contributed by atoms with Gasteiger partial charge in [0.2, 0.25) is 5.91 Å². The summed E-state index contributed by atoms with van der Waals surface area (Å²) < 4.78 is 17.8. The third-order valence-electron chi connectivity index (χ3n) is 3.20. The van der Waals surface area contributed by atoms with E-state index in [1.165, 1.54) is 12.1 Å². The Bertz CT molecular complexity index is 768. The Morgan fingerprint density at radius 1 is 1.04 bits per heavy atom. The van der Waals surface area contributed by atoms with Gasteiger partial charge >= 0.3 is 6.09 Å². The van der Waals surface area contributed by atoms with Crippen molar-refractivity contribution in [3.63, 3.8) is 0 Å². The van der Waals surface area contributed by atoms with Crippen LogP contribution in [0.25, 0.3) is 0 Å². The lowest BCUT2D eigenvalue weighted by molar-refractivity contribution is -0.115. The molecule has 25 heavy (non-hydrogen) atoms. The van der Waals surface area contributed by atoms with E-state index in [0.717, 1.165) is 5.56 Å². The highest BCUT2D eigenvalue weighted by Crippen LogP contribution is 2.12. The Hall–Kier alpha value is -3.40. The number of nitriles is 1. The van der Waals surface area contributed by atoms with Crippen molar-refractivity contribution in [2.75, 3.05) is 11.9 Å². The van der Waals surface area contributed by atoms with Crippen molar-refractivity contribution in [1.82, 2.24) is 5.32 Å². The molecule has 2 rings (SSSR count). The second-order valence-corrected chi connectivity index (χ2v) is 5.14. The van der Waals surface area contributed by atoms with Crippen LogP contribution in [0.5, 0.6) is 0 Å². The number of anilines is 1. The maximum Gasteiger partial charge on any atom is 0.408 e. The molecule has 0 radical (unpaired) electrons. The lowest BCUT2D eigenvalue weighted by Gasteiger charge is -2.08. The second kappa shape index (κ2) is 9.03. The van der Waals surface area contributed by atoms with Crippen molar-refractivity contribution in [3.05, 3.63) is 65.5 Å². The summed E-state index contributed by atoms with van der Waals surface area (Å²) in [4.78, 5) is 23.2. The SMILES string of the molecule is N#CCNC(=O)OCc1ccc(NC(=O)Cc2ccc(F)cc2)cc1. The molecule has 6 nitrogen and oxygen atoms in total. The van der Waals surface area contributed by atoms with Gasteiger partial charge in [0.15, 0.2) is 0 Å². The van der Waals surface area contributed by atoms with Gasteiger partial charge in [-0.3, -0.25) is 4.79 Å². The van der Waals surface area contributed by atoms with E-state index in [0.29, 0.717) is 11.3 Å². The molecule has 2 aromatic carbocycles. The van der Waals surface area contributed by atoms with Gasteiger partial charge in [0.1, 0.15) is 19.0 Å². The van der Waals surface area contributed by atoms with Crippen LogP contribution in [0, 0.1) is 17.1 Å². The molecule has 0 saturated heterocycles. The first-order valence-corrected chi connectivity index (χ1v) is 7.47. The summed E-state index contributed by atoms with van der Waals surface area (Å²) in [7, 11) is 0. The van der Waals surface area contributed by atoms with Crippen molar-refractivity contribution in [2.45, 2.75) is 13.0 Å². The number of nitrogens with zero attached hydrogens (tertiary/aromatic N) is 1. The summed E-state index contributed by atoms with van der Waals surface area (Å²) in [5.41, 5.74) is 2.06. The quantitative estimate of drug-likeness (QED) is 0.790. The van der Waals surface area contributed by atoms with Crippen LogP contribution >= 0.6 is 0 Å². The molecule has 128 valence electrons. The van der Waals surface area contributed by atoms with Gasteiger partial charge in [-0.1, -0.05) is 24.3 Å². The van der Waals surface area contributed by atoms with Crippen molar-refractivity contribution in [3.8, 4) is 6.07 Å². The predicted octanol–water partition coefficient (Wildman–Crippen LogP) is 2.76. The van der Waals surface area contributed by atoms with Gasteiger partial charge in [0, 0.05) is 5.69 Å². The number of alkyl carbamates (subject to hydrolysis) is 1. The summed E-state index contributed by atoms with van der Waals surface area (Å²) in [6, 6.07) is 14.3. The molecule has 0 aliphatic heterocycles. The molecule has 7 heteroatoms. The molecule has 0 unspecified atom stereocenters. The minimum Gasteiger partial charge on any atom is -0.445 e. The number of carbonyl (C=O) groups excluding carboxylic acids is 2. The third-order valence-corrected chi connectivity index (χ3v) is 3.20. The van der Waals surface area contributed by atoms with Crippen molar-refractivity contribution in [1.29, 1.82) is 5.26 Å². The van der Waals surface area contributed by atoms with Crippen molar-refractivity contribution in [2.24, 2.45) is 0 Å². The second-order valence-electron chi connectivity index (χ2n) is 5.14. The predicted molar refractivity (Wildman–Crippen MR) is 89.0 cm³/mol. The summed E-state index contributed by atoms with van der Waals surface area (Å²) in [6.07, 6.45) is -0.525. The zero-order valence-corrected chi connectivity index (χ0v) is 13.3. The Labute approximate surface area is 144 Å². The molecule has 2 aromatic rings. The molecule has 0 aromatic heterocycles. The summed E-state index contributed by atoms with van der Waals surface area (Å²) in [6.45, 7) is -0.0566. The topological polar surface area (TPSA) is 91.2 Å². The number of amides is 2. The monoisotopic (exact) mass is 341 g/mol. The average molecular weight is 341 g/mol. The number of halogens is 1. The summed E-state index contributed by atoms with van der Waals surface area (Å²) in [5.74, 6) is -0.560. The number of carbonyl (C=O) groups is 2. The molecule has 0 bridgehead atoms. The van der Waals surface area contributed by atoms with E-state index in [-0.39, 0.29) is 31.3 Å². The Morgan fingerprint density at radius 3 is 2.32 bits per heavy atom. The fraction of sp³-hybridized carbons (Fsp3) is 0.167. The normalized spacial score (nSPS) is 9.76. The van der Waals surface area contributed by atoms with Crippen LogP contribution < -0.4 is 10.6 Å². The van der Waals surface area contributed by atoms with E-state index in [1.54, 1.807) is 42.5 Å². The third kappa shape index (κ3) is 6.31. The molecule has 2 N–H and O–H groups in total. The van der Waals surface area contributed by atoms with E-state index in [2.05, 4.69) is 10.6 Å². The first-order chi connectivity index (χ1) is 12.1. The molecule has 0 fully saturated rings. The molecule has 0 spiro atoms. The van der Waals surface area contributed by atoms with Crippen LogP contribution in [0.3, 0.4) is 0 Å². The molecule has 0 aliphatic carbocycles. The molecule has 0 atom stereocenters. The lowest BCUT2D eigenvalue weighted by atomic mass is 10.1. The number of rotatable bonds is 6. The summed E-state index contributed by atoms with van der Waals surface area (Å²) in [5, 5.41) is 13.3. The molecule has 0 aliphatic rings. The fourth-order valence-electron chi connectivity index (χ4n) is 1.99. The zero-order chi connectivity index (χ0) is 18.1. The van der Waals surface area contributed by atoms with Crippen molar-refractivity contribution < 1.29 is 18.7 Å². The van der Waals surface area contributed by atoms with Crippen LogP contribution in [0.2, 0.25) is 0 Å². The summed E-state index contributed by atoms with van der Waals surface area (Å²) >= 11 is 0. The maximum absolute atomic E-state index is 12.8. The van der Waals surface area contributed by atoms with E-state index in [4.69, 9.17) is 10.00 Å². The van der Waals surface area contributed by atoms with Gasteiger partial charge in [-0.25, -0.2) is 9.18 Å². The van der Waals surface area contributed by atoms with Gasteiger partial charge in [-0.05, 0) is 35.4 Å². The minimum absolute atomic E-state index is 0.0566. The smallest absolute Gasteiger partial charge is 0.408 e. The zero-order valence-electron chi connectivity index (χ0n) is 13.3. The van der Waals surface area contributed by atoms with Crippen LogP contribution in [0.1, 0.15) is 11.1 Å². The number of ether oxygens (including phenoxy) is 1. The minimum atomic E-state index is -0.668. The molecule has 0 heterocycles. The largest absolute Gasteiger partial charge is 0.445 e. The van der Waals surface area contributed by atoms with Crippen LogP contribution in [-0.4, -0.2) is 18.5 Å². The molecule has 0 saturated carbocycles.